The van der Waals surface area contributed by atoms with E-state index in [2.05, 4.69) is 15.2 Å². The van der Waals surface area contributed by atoms with E-state index < -0.39 is 58.9 Å². The highest BCUT2D eigenvalue weighted by Crippen LogP contribution is 2.55. The number of hydrogen-bond acceptors (Lipinski definition) is 7. The molecule has 0 saturated carbocycles. The third-order valence-electron chi connectivity index (χ3n) is 7.62. The fourth-order valence-corrected chi connectivity index (χ4v) is 5.12. The van der Waals surface area contributed by atoms with Gasteiger partial charge in [0.15, 0.2) is 17.2 Å². The first-order valence-electron chi connectivity index (χ1n) is 13.1. The van der Waals surface area contributed by atoms with Crippen molar-refractivity contribution in [2.24, 2.45) is 11.7 Å². The summed E-state index contributed by atoms with van der Waals surface area (Å²) >= 11 is 0. The number of halogens is 5. The third kappa shape index (κ3) is 6.44. The van der Waals surface area contributed by atoms with Gasteiger partial charge < -0.3 is 25.3 Å². The summed E-state index contributed by atoms with van der Waals surface area (Å²) in [6.45, 7) is 5.15. The topological polar surface area (TPSA) is 116 Å². The summed E-state index contributed by atoms with van der Waals surface area (Å²) in [5.41, 5.74) is 2.11. The van der Waals surface area contributed by atoms with Crippen LogP contribution in [-0.4, -0.2) is 79.0 Å². The second-order valence-corrected chi connectivity index (χ2v) is 10.2. The van der Waals surface area contributed by atoms with Crippen molar-refractivity contribution in [3.8, 4) is 5.75 Å². The Labute approximate surface area is 233 Å². The zero-order valence-corrected chi connectivity index (χ0v) is 22.5. The molecule has 0 radical (unpaired) electrons. The first kappa shape index (κ1) is 30.6. The summed E-state index contributed by atoms with van der Waals surface area (Å²) in [4.78, 5) is 30.7. The number of carbonyl (C=O) groups excluding carboxylic acids is 2. The lowest BCUT2D eigenvalue weighted by atomic mass is 9.77. The Hall–Kier alpha value is -3.36. The molecular formula is C27H31F5N4O5. The number of amides is 2. The first-order valence-corrected chi connectivity index (χ1v) is 13.1. The van der Waals surface area contributed by atoms with E-state index in [4.69, 9.17) is 19.9 Å². The Morgan fingerprint density at radius 2 is 1.93 bits per heavy atom. The zero-order chi connectivity index (χ0) is 29.9. The summed E-state index contributed by atoms with van der Waals surface area (Å²) < 4.78 is 88.6. The van der Waals surface area contributed by atoms with E-state index in [0.717, 1.165) is 25.1 Å². The van der Waals surface area contributed by atoms with Crippen molar-refractivity contribution in [3.05, 3.63) is 53.4 Å². The molecule has 2 aliphatic heterocycles. The fraction of sp³-hybridized carbons (Fsp3) is 0.519. The van der Waals surface area contributed by atoms with E-state index in [9.17, 15) is 27.2 Å². The van der Waals surface area contributed by atoms with Crippen molar-refractivity contribution >= 4 is 17.5 Å². The minimum absolute atomic E-state index is 0.0271. The molecule has 2 fully saturated rings. The van der Waals surface area contributed by atoms with Gasteiger partial charge in [-0.3, -0.25) is 19.5 Å². The van der Waals surface area contributed by atoms with Crippen LogP contribution < -0.4 is 15.8 Å². The second kappa shape index (κ2) is 12.2. The highest BCUT2D eigenvalue weighted by Gasteiger charge is 2.66. The number of benzene rings is 1. The van der Waals surface area contributed by atoms with Gasteiger partial charge in [0.25, 0.3) is 11.8 Å². The lowest BCUT2D eigenvalue weighted by Crippen LogP contribution is -2.47. The molecular weight excluding hydrogens is 555 g/mol. The maximum absolute atomic E-state index is 15.1. The fourth-order valence-electron chi connectivity index (χ4n) is 5.12. The summed E-state index contributed by atoms with van der Waals surface area (Å²) in [6.07, 6.45) is -5.08. The number of nitrogens with two attached hydrogens (primary N) is 1. The van der Waals surface area contributed by atoms with Gasteiger partial charge in [-0.05, 0) is 31.5 Å². The molecule has 3 N–H and O–H groups in total. The summed E-state index contributed by atoms with van der Waals surface area (Å²) in [5, 5.41) is 2.42. The minimum Gasteiger partial charge on any atom is -0.490 e. The van der Waals surface area contributed by atoms with Gasteiger partial charge >= 0.3 is 6.18 Å². The molecule has 1 aromatic heterocycles. The van der Waals surface area contributed by atoms with Gasteiger partial charge in [0.2, 0.25) is 5.82 Å². The largest absolute Gasteiger partial charge is 0.490 e. The highest BCUT2D eigenvalue weighted by atomic mass is 19.4. The number of anilines is 1. The monoisotopic (exact) mass is 586 g/mol. The summed E-state index contributed by atoms with van der Waals surface area (Å²) in [7, 11) is 0. The molecule has 1 aromatic carbocycles. The average Bonchev–Trinajstić information content (AvgIpc) is 3.21. The summed E-state index contributed by atoms with van der Waals surface area (Å²) in [5.74, 6) is -7.89. The lowest BCUT2D eigenvalue weighted by Gasteiger charge is -2.32. The Balaban J connectivity index is 1.64. The van der Waals surface area contributed by atoms with Crippen LogP contribution in [0.4, 0.5) is 27.6 Å². The minimum atomic E-state index is -4.91. The van der Waals surface area contributed by atoms with Gasteiger partial charge in [-0.15, -0.1) is 0 Å². The predicted octanol–water partition coefficient (Wildman–Crippen LogP) is 3.64. The Morgan fingerprint density at radius 1 is 1.22 bits per heavy atom. The van der Waals surface area contributed by atoms with Crippen LogP contribution in [-0.2, 0) is 14.3 Å². The zero-order valence-electron chi connectivity index (χ0n) is 22.5. The van der Waals surface area contributed by atoms with Crippen LogP contribution in [0.15, 0.2) is 30.5 Å². The van der Waals surface area contributed by atoms with E-state index in [1.807, 2.05) is 0 Å². The molecule has 9 nitrogen and oxygen atoms in total. The predicted molar refractivity (Wildman–Crippen MR) is 136 cm³/mol. The molecule has 4 rings (SSSR count). The number of morpholine rings is 1. The number of alkyl halides is 3. The van der Waals surface area contributed by atoms with Crippen molar-refractivity contribution in [2.45, 2.75) is 44.1 Å². The van der Waals surface area contributed by atoms with Gasteiger partial charge in [-0.2, -0.15) is 17.6 Å². The molecule has 224 valence electrons. The number of nitrogens with one attached hydrogen (secondary N) is 1. The average molecular weight is 587 g/mol. The highest BCUT2D eigenvalue weighted by molar-refractivity contribution is 5.97. The Kier molecular flexibility index (Phi) is 9.14. The molecule has 41 heavy (non-hydrogen) atoms. The van der Waals surface area contributed by atoms with Crippen LogP contribution in [0.1, 0.15) is 42.2 Å². The standard InChI is InChI=1S/C27H31F5N4O5/c1-15-20(17-4-5-18(28)21(29)22(17)40-11-3-8-36-9-12-39-13-10-36)23(41-26(15,2)27(30,31)32)25(38)35-16-6-7-34-19(14-16)24(33)37/h4-7,14-15,20,23H,3,8-13H2,1-2H3,(H2,33,37)(H,34,35,38)/t15-,20-,23+,26+/m0/s1. The number of primary amides is 1. The van der Waals surface area contributed by atoms with Gasteiger partial charge in [0.1, 0.15) is 11.8 Å². The number of carbonyl (C=O) groups is 2. The van der Waals surface area contributed by atoms with Gasteiger partial charge in [0, 0.05) is 48.9 Å². The number of aromatic nitrogens is 1. The molecule has 3 heterocycles. The van der Waals surface area contributed by atoms with Gasteiger partial charge in [0.05, 0.1) is 19.8 Å². The molecule has 14 heteroatoms. The molecule has 0 unspecified atom stereocenters. The molecule has 2 saturated heterocycles. The smallest absolute Gasteiger partial charge is 0.417 e. The van der Waals surface area contributed by atoms with Crippen LogP contribution in [0.2, 0.25) is 0 Å². The lowest BCUT2D eigenvalue weighted by molar-refractivity contribution is -0.272. The van der Waals surface area contributed by atoms with Crippen molar-refractivity contribution in [1.82, 2.24) is 9.88 Å². The molecule has 0 bridgehead atoms. The van der Waals surface area contributed by atoms with Crippen LogP contribution >= 0.6 is 0 Å². The van der Waals surface area contributed by atoms with Crippen LogP contribution in [0.3, 0.4) is 0 Å². The van der Waals surface area contributed by atoms with E-state index in [-0.39, 0.29) is 23.6 Å². The van der Waals surface area contributed by atoms with Crippen molar-refractivity contribution in [1.29, 1.82) is 0 Å². The van der Waals surface area contributed by atoms with Crippen LogP contribution in [0, 0.1) is 17.6 Å². The van der Waals surface area contributed by atoms with E-state index >= 15 is 4.39 Å². The Morgan fingerprint density at radius 3 is 2.59 bits per heavy atom. The van der Waals surface area contributed by atoms with E-state index in [1.54, 1.807) is 0 Å². The van der Waals surface area contributed by atoms with E-state index in [1.165, 1.54) is 19.2 Å². The number of hydrogen-bond donors (Lipinski definition) is 2. The quantitative estimate of drug-likeness (QED) is 0.341. The van der Waals surface area contributed by atoms with Crippen LogP contribution in [0.5, 0.6) is 5.75 Å². The van der Waals surface area contributed by atoms with Crippen molar-refractivity contribution in [3.63, 3.8) is 0 Å². The van der Waals surface area contributed by atoms with E-state index in [0.29, 0.717) is 39.3 Å². The maximum Gasteiger partial charge on any atom is 0.417 e. The molecule has 2 aliphatic rings. The van der Waals surface area contributed by atoms with Crippen LogP contribution in [0.25, 0.3) is 0 Å². The molecule has 0 spiro atoms. The number of pyridine rings is 1. The third-order valence-corrected chi connectivity index (χ3v) is 7.62. The molecule has 0 aliphatic carbocycles. The summed E-state index contributed by atoms with van der Waals surface area (Å²) in [6, 6.07) is 4.34. The normalized spacial score (nSPS) is 25.2. The second-order valence-electron chi connectivity index (χ2n) is 10.2. The molecule has 2 aromatic rings. The number of nitrogens with zero attached hydrogens (tertiary/aromatic N) is 2. The molecule has 4 atom stereocenters. The number of rotatable bonds is 9. The Bertz CT molecular complexity index is 1270. The molecule has 2 amide bonds. The number of ether oxygens (including phenoxy) is 3. The maximum atomic E-state index is 15.1. The van der Waals surface area contributed by atoms with Gasteiger partial charge in [-0.1, -0.05) is 13.0 Å². The SMILES string of the molecule is C[C@H]1[C@@H](c2ccc(F)c(F)c2OCCCN2CCOCC2)[C@H](C(=O)Nc2ccnc(C(N)=O)c2)O[C@@]1(C)C(F)(F)F. The first-order chi connectivity index (χ1) is 19.3. The van der Waals surface area contributed by atoms with Crippen molar-refractivity contribution in [2.75, 3.05) is 44.8 Å². The van der Waals surface area contributed by atoms with Gasteiger partial charge in [-0.25, -0.2) is 4.39 Å². The van der Waals surface area contributed by atoms with Crippen molar-refractivity contribution < 1.29 is 45.8 Å².